The van der Waals surface area contributed by atoms with Crippen LogP contribution < -0.4 is 4.57 Å². The summed E-state index contributed by atoms with van der Waals surface area (Å²) in [5.74, 6) is 0. The number of fused-ring (bicyclic) bond motifs is 3. The average molecular weight is 220 g/mol. The first kappa shape index (κ1) is 8.38. The smallest absolute Gasteiger partial charge is 0.188 e. The predicted octanol–water partition coefficient (Wildman–Crippen LogP) is 3.25. The second-order valence-corrected chi connectivity index (χ2v) is 5.58. The van der Waals surface area contributed by atoms with E-state index < -0.39 is 0 Å². The van der Waals surface area contributed by atoms with Crippen LogP contribution in [-0.2, 0) is 7.05 Å². The van der Waals surface area contributed by atoms with Gasteiger partial charge in [-0.15, -0.1) is 11.3 Å². The van der Waals surface area contributed by atoms with Crippen molar-refractivity contribution in [3.05, 3.63) is 28.6 Å². The van der Waals surface area contributed by atoms with Crippen molar-refractivity contribution in [1.82, 2.24) is 0 Å². The molecular formula is C11H10NS2+. The molecule has 0 aliphatic rings. The third-order valence-corrected chi connectivity index (χ3v) is 4.68. The lowest BCUT2D eigenvalue weighted by molar-refractivity contribution is -0.645. The highest BCUT2D eigenvalue weighted by Crippen LogP contribution is 2.30. The maximum absolute atomic E-state index is 2.29. The lowest BCUT2D eigenvalue weighted by Gasteiger charge is -1.89. The molecule has 2 aromatic heterocycles. The molecule has 0 unspecified atom stereocenters. The highest BCUT2D eigenvalue weighted by atomic mass is 32.1. The monoisotopic (exact) mass is 220 g/mol. The minimum absolute atomic E-state index is 1.36. The Morgan fingerprint density at radius 2 is 2.07 bits per heavy atom. The van der Waals surface area contributed by atoms with Crippen LogP contribution in [0.4, 0.5) is 0 Å². The fraction of sp³-hybridized carbons (Fsp3) is 0.182. The summed E-state index contributed by atoms with van der Waals surface area (Å²) in [7, 11) is 2.15. The van der Waals surface area contributed by atoms with Crippen LogP contribution in [0, 0.1) is 6.92 Å². The summed E-state index contributed by atoms with van der Waals surface area (Å²) in [6.07, 6.45) is 0. The second-order valence-electron chi connectivity index (χ2n) is 3.43. The zero-order valence-electron chi connectivity index (χ0n) is 8.07. The van der Waals surface area contributed by atoms with Crippen LogP contribution in [0.25, 0.3) is 20.3 Å². The Bertz CT molecular complexity index is 619. The molecule has 0 spiro atoms. The maximum atomic E-state index is 2.29. The molecule has 1 nitrogen and oxygen atoms in total. The van der Waals surface area contributed by atoms with Crippen molar-refractivity contribution in [3.8, 4) is 0 Å². The van der Waals surface area contributed by atoms with Gasteiger partial charge in [0.05, 0.1) is 0 Å². The van der Waals surface area contributed by atoms with Crippen LogP contribution >= 0.6 is 22.7 Å². The molecular weight excluding hydrogens is 210 g/mol. The Balaban J connectivity index is 2.66. The SMILES string of the molecule is Cc1sc2ccc3ccsc3c2[n+]1C. The van der Waals surface area contributed by atoms with Crippen LogP contribution in [0.1, 0.15) is 5.01 Å². The molecule has 0 radical (unpaired) electrons. The van der Waals surface area contributed by atoms with Gasteiger partial charge in [0.2, 0.25) is 10.5 Å². The Morgan fingerprint density at radius 3 is 2.93 bits per heavy atom. The van der Waals surface area contributed by atoms with E-state index in [1.807, 2.05) is 22.7 Å². The zero-order valence-corrected chi connectivity index (χ0v) is 9.71. The van der Waals surface area contributed by atoms with E-state index >= 15 is 0 Å². The molecule has 1 aromatic carbocycles. The molecule has 0 aliphatic heterocycles. The lowest BCUT2D eigenvalue weighted by atomic mass is 10.2. The molecule has 0 saturated heterocycles. The first-order valence-corrected chi connectivity index (χ1v) is 6.22. The fourth-order valence-corrected chi connectivity index (χ4v) is 3.85. The Labute approximate surface area is 90.2 Å². The number of aryl methyl sites for hydroxylation is 2. The van der Waals surface area contributed by atoms with E-state index in [2.05, 4.69) is 42.1 Å². The van der Waals surface area contributed by atoms with Crippen molar-refractivity contribution in [3.63, 3.8) is 0 Å². The van der Waals surface area contributed by atoms with E-state index in [0.29, 0.717) is 0 Å². The summed E-state index contributed by atoms with van der Waals surface area (Å²) in [5.41, 5.74) is 1.39. The molecule has 0 aliphatic carbocycles. The predicted molar refractivity (Wildman–Crippen MR) is 63.1 cm³/mol. The number of benzene rings is 1. The Morgan fingerprint density at radius 1 is 1.21 bits per heavy atom. The summed E-state index contributed by atoms with van der Waals surface area (Å²) in [6, 6.07) is 6.62. The van der Waals surface area contributed by atoms with Crippen molar-refractivity contribution in [1.29, 1.82) is 0 Å². The molecule has 0 amide bonds. The normalized spacial score (nSPS) is 11.6. The van der Waals surface area contributed by atoms with Crippen LogP contribution in [-0.4, -0.2) is 0 Å². The van der Waals surface area contributed by atoms with E-state index in [-0.39, 0.29) is 0 Å². The molecule has 0 N–H and O–H groups in total. The summed E-state index contributed by atoms with van der Waals surface area (Å²) in [4.78, 5) is 0. The van der Waals surface area contributed by atoms with Gasteiger partial charge in [0, 0.05) is 6.92 Å². The minimum atomic E-state index is 1.36. The molecule has 3 aromatic rings. The topological polar surface area (TPSA) is 3.88 Å². The van der Waals surface area contributed by atoms with Gasteiger partial charge >= 0.3 is 0 Å². The Hall–Kier alpha value is -0.930. The summed E-state index contributed by atoms with van der Waals surface area (Å²) >= 11 is 3.70. The fourth-order valence-electron chi connectivity index (χ4n) is 1.78. The number of hydrogen-bond acceptors (Lipinski definition) is 2. The molecule has 70 valence electrons. The number of nitrogens with zero attached hydrogens (tertiary/aromatic N) is 1. The first-order valence-electron chi connectivity index (χ1n) is 4.53. The van der Waals surface area contributed by atoms with Crippen LogP contribution in [0.15, 0.2) is 23.6 Å². The van der Waals surface area contributed by atoms with Crippen molar-refractivity contribution in [2.24, 2.45) is 7.05 Å². The highest BCUT2D eigenvalue weighted by molar-refractivity contribution is 7.21. The average Bonchev–Trinajstić information content (AvgIpc) is 2.72. The number of thiophene rings is 1. The molecule has 0 fully saturated rings. The Kier molecular flexibility index (Phi) is 1.66. The molecule has 14 heavy (non-hydrogen) atoms. The van der Waals surface area contributed by atoms with Crippen LogP contribution in [0.3, 0.4) is 0 Å². The summed E-state index contributed by atoms with van der Waals surface area (Å²) in [5, 5.41) is 4.88. The van der Waals surface area contributed by atoms with E-state index in [0.717, 1.165) is 0 Å². The van der Waals surface area contributed by atoms with Gasteiger partial charge in [-0.3, -0.25) is 0 Å². The van der Waals surface area contributed by atoms with Crippen molar-refractivity contribution in [2.75, 3.05) is 0 Å². The quantitative estimate of drug-likeness (QED) is 0.512. The van der Waals surface area contributed by atoms with Crippen molar-refractivity contribution < 1.29 is 4.57 Å². The number of thiazole rings is 1. The molecule has 3 rings (SSSR count). The van der Waals surface area contributed by atoms with E-state index in [4.69, 9.17) is 0 Å². The number of aromatic nitrogens is 1. The van der Waals surface area contributed by atoms with Crippen LogP contribution in [0.5, 0.6) is 0 Å². The van der Waals surface area contributed by atoms with Gasteiger partial charge in [0.1, 0.15) is 16.4 Å². The van der Waals surface area contributed by atoms with Gasteiger partial charge in [0.25, 0.3) is 0 Å². The molecule has 0 atom stereocenters. The summed E-state index contributed by atoms with van der Waals surface area (Å²) < 4.78 is 5.09. The number of hydrogen-bond donors (Lipinski definition) is 0. The van der Waals surface area contributed by atoms with E-state index in [9.17, 15) is 0 Å². The van der Waals surface area contributed by atoms with Gasteiger partial charge in [-0.25, -0.2) is 0 Å². The van der Waals surface area contributed by atoms with Gasteiger partial charge in [-0.2, -0.15) is 4.57 Å². The summed E-state index contributed by atoms with van der Waals surface area (Å²) in [6.45, 7) is 2.17. The molecule has 3 heteroatoms. The maximum Gasteiger partial charge on any atom is 0.241 e. The van der Waals surface area contributed by atoms with Gasteiger partial charge < -0.3 is 0 Å². The second kappa shape index (κ2) is 2.78. The van der Waals surface area contributed by atoms with E-state index in [1.165, 1.54) is 25.3 Å². The molecule has 2 heterocycles. The van der Waals surface area contributed by atoms with E-state index in [1.54, 1.807) is 0 Å². The largest absolute Gasteiger partial charge is 0.241 e. The van der Waals surface area contributed by atoms with Gasteiger partial charge in [-0.05, 0) is 22.9 Å². The highest BCUT2D eigenvalue weighted by Gasteiger charge is 2.16. The minimum Gasteiger partial charge on any atom is -0.188 e. The third kappa shape index (κ3) is 0.967. The third-order valence-electron chi connectivity index (χ3n) is 2.62. The first-order chi connectivity index (χ1) is 6.77. The molecule has 0 bridgehead atoms. The van der Waals surface area contributed by atoms with Gasteiger partial charge in [-0.1, -0.05) is 17.4 Å². The van der Waals surface area contributed by atoms with Crippen molar-refractivity contribution >= 4 is 43.0 Å². The standard InChI is InChI=1S/C11H10NS2/c1-7-12(2)10-9(14-7)4-3-8-5-6-13-11(8)10/h3-6H,1-2H3/q+1. The van der Waals surface area contributed by atoms with Gasteiger partial charge in [0.15, 0.2) is 0 Å². The van der Waals surface area contributed by atoms with Crippen molar-refractivity contribution in [2.45, 2.75) is 6.92 Å². The zero-order chi connectivity index (χ0) is 9.71. The van der Waals surface area contributed by atoms with Crippen LogP contribution in [0.2, 0.25) is 0 Å². The molecule has 0 saturated carbocycles. The number of rotatable bonds is 0. The lowest BCUT2D eigenvalue weighted by Crippen LogP contribution is -2.28.